The Bertz CT molecular complexity index is 1300. The van der Waals surface area contributed by atoms with Crippen LogP contribution in [0.15, 0.2) is 115 Å². The van der Waals surface area contributed by atoms with Crippen LogP contribution >= 0.6 is 12.0 Å². The van der Waals surface area contributed by atoms with Crippen LogP contribution in [0.1, 0.15) is 16.7 Å². The van der Waals surface area contributed by atoms with E-state index in [-0.39, 0.29) is 5.91 Å². The van der Waals surface area contributed by atoms with Gasteiger partial charge in [-0.2, -0.15) is 4.28 Å². The summed E-state index contributed by atoms with van der Waals surface area (Å²) in [5, 5.41) is 1.80. The summed E-state index contributed by atoms with van der Waals surface area (Å²) in [6.45, 7) is 2.05. The largest absolute Gasteiger partial charge is 0.285 e. The maximum absolute atomic E-state index is 14.4. The van der Waals surface area contributed by atoms with Gasteiger partial charge in [0, 0.05) is 5.69 Å². The van der Waals surface area contributed by atoms with Crippen LogP contribution in [0.5, 0.6) is 0 Å². The molecule has 2 atom stereocenters. The van der Waals surface area contributed by atoms with Crippen LogP contribution in [0.3, 0.4) is 0 Å². The Hall–Kier alpha value is -3.54. The molecule has 2 fully saturated rings. The zero-order chi connectivity index (χ0) is 22.5. The summed E-state index contributed by atoms with van der Waals surface area (Å²) in [6, 6.07) is 38.1. The van der Waals surface area contributed by atoms with E-state index in [1.165, 1.54) is 12.0 Å². The Morgan fingerprint density at radius 3 is 1.82 bits per heavy atom. The number of nitrogens with zero attached hydrogens (tertiary/aromatic N) is 2. The van der Waals surface area contributed by atoms with Gasteiger partial charge < -0.3 is 0 Å². The van der Waals surface area contributed by atoms with E-state index in [1.807, 2.05) is 115 Å². The predicted molar refractivity (Wildman–Crippen MR) is 133 cm³/mol. The summed E-state index contributed by atoms with van der Waals surface area (Å²) in [6.07, 6.45) is 0. The van der Waals surface area contributed by atoms with E-state index in [0.29, 0.717) is 0 Å². The first-order valence-electron chi connectivity index (χ1n) is 10.9. The molecule has 0 unspecified atom stereocenters. The second kappa shape index (κ2) is 7.51. The third-order valence-electron chi connectivity index (χ3n) is 6.49. The molecule has 33 heavy (non-hydrogen) atoms. The zero-order valence-electron chi connectivity index (χ0n) is 18.1. The summed E-state index contributed by atoms with van der Waals surface area (Å²) in [7, 11) is 0. The Labute approximate surface area is 197 Å². The molecular weight excluding hydrogens is 428 g/mol. The van der Waals surface area contributed by atoms with Crippen LogP contribution in [0, 0.1) is 6.92 Å². The highest BCUT2D eigenvalue weighted by atomic mass is 32.2. The average Bonchev–Trinajstić information content (AvgIpc) is 3.19. The summed E-state index contributed by atoms with van der Waals surface area (Å²) >= 11 is 1.33. The summed E-state index contributed by atoms with van der Waals surface area (Å²) < 4.78 is 6.37. The minimum absolute atomic E-state index is 0.0183. The number of β-lactam (4-membered cyclic amide) rings is 1. The van der Waals surface area contributed by atoms with Crippen molar-refractivity contribution in [2.24, 2.45) is 0 Å². The highest BCUT2D eigenvalue weighted by molar-refractivity contribution is 7.96. The molecule has 0 spiro atoms. The molecule has 162 valence electrons. The molecule has 0 saturated carbocycles. The predicted octanol–water partition coefficient (Wildman–Crippen LogP) is 6.19. The monoisotopic (exact) mass is 450 g/mol. The lowest BCUT2D eigenvalue weighted by Crippen LogP contribution is -2.79. The van der Waals surface area contributed by atoms with Crippen LogP contribution in [0.2, 0.25) is 0 Å². The zero-order valence-corrected chi connectivity index (χ0v) is 18.9. The molecule has 0 aliphatic carbocycles. The fourth-order valence-corrected chi connectivity index (χ4v) is 6.27. The number of aryl methyl sites for hydroxylation is 1. The fourth-order valence-electron chi connectivity index (χ4n) is 4.99. The molecule has 0 radical (unpaired) electrons. The van der Waals surface area contributed by atoms with Gasteiger partial charge in [0.2, 0.25) is 5.54 Å². The molecule has 2 saturated heterocycles. The number of para-hydroxylation sites is 1. The highest BCUT2D eigenvalue weighted by Gasteiger charge is 2.81. The highest BCUT2D eigenvalue weighted by Crippen LogP contribution is 2.70. The molecule has 4 aromatic carbocycles. The Balaban J connectivity index is 1.65. The van der Waals surface area contributed by atoms with Crippen LogP contribution in [-0.2, 0) is 19.5 Å². The van der Waals surface area contributed by atoms with Crippen LogP contribution < -0.4 is 9.96 Å². The first-order chi connectivity index (χ1) is 16.2. The number of anilines is 2. The Morgan fingerprint density at radius 1 is 0.667 bits per heavy atom. The molecule has 0 aromatic heterocycles. The minimum Gasteiger partial charge on any atom is -0.285 e. The van der Waals surface area contributed by atoms with Gasteiger partial charge in [-0.1, -0.05) is 96.6 Å². The van der Waals surface area contributed by atoms with Crippen LogP contribution in [0.4, 0.5) is 11.4 Å². The molecule has 2 aliphatic heterocycles. The quantitative estimate of drug-likeness (QED) is 0.274. The first kappa shape index (κ1) is 20.1. The van der Waals surface area contributed by atoms with Gasteiger partial charge in [0.05, 0.1) is 17.7 Å². The Kier molecular flexibility index (Phi) is 4.57. The lowest BCUT2D eigenvalue weighted by atomic mass is 9.68. The van der Waals surface area contributed by atoms with Gasteiger partial charge in [-0.3, -0.25) is 9.69 Å². The van der Waals surface area contributed by atoms with Crippen molar-refractivity contribution in [2.45, 2.75) is 17.3 Å². The van der Waals surface area contributed by atoms with E-state index in [9.17, 15) is 4.79 Å². The summed E-state index contributed by atoms with van der Waals surface area (Å²) in [5.41, 5.74) is 3.69. The van der Waals surface area contributed by atoms with Gasteiger partial charge in [0.1, 0.15) is 0 Å². The standard InChI is InChI=1S/C28H22N2O2S/c1-21-17-19-24(20-18-21)29-26(31)27(22-11-5-2-6-12-22)28(29,23-13-7-3-8-14-23)33-32-30(27)25-15-9-4-10-16-25/h2-20H,1H3/t27-,28-/m0/s1. The number of carbonyl (C=O) groups excluding carboxylic acids is 1. The number of amides is 1. The first-order valence-corrected chi connectivity index (χ1v) is 11.7. The third-order valence-corrected chi connectivity index (χ3v) is 7.67. The van der Waals surface area contributed by atoms with E-state index in [2.05, 4.69) is 12.1 Å². The Morgan fingerprint density at radius 2 is 1.21 bits per heavy atom. The number of hydrogen-bond acceptors (Lipinski definition) is 4. The van der Waals surface area contributed by atoms with Crippen LogP contribution in [0.25, 0.3) is 0 Å². The maximum atomic E-state index is 14.4. The van der Waals surface area contributed by atoms with E-state index in [1.54, 1.807) is 5.06 Å². The van der Waals surface area contributed by atoms with E-state index >= 15 is 0 Å². The average molecular weight is 451 g/mol. The number of hydrogen-bond donors (Lipinski definition) is 0. The van der Waals surface area contributed by atoms with E-state index in [4.69, 9.17) is 4.28 Å². The topological polar surface area (TPSA) is 32.8 Å². The van der Waals surface area contributed by atoms with Crippen LogP contribution in [-0.4, -0.2) is 5.91 Å². The number of benzene rings is 4. The number of rotatable bonds is 4. The van der Waals surface area contributed by atoms with Gasteiger partial charge >= 0.3 is 0 Å². The lowest BCUT2D eigenvalue weighted by molar-refractivity contribution is -0.136. The minimum atomic E-state index is -1.06. The van der Waals surface area contributed by atoms with E-state index < -0.39 is 10.4 Å². The second-order valence-electron chi connectivity index (χ2n) is 8.35. The number of carbonyl (C=O) groups is 1. The fraction of sp³-hybridized carbons (Fsp3) is 0.107. The molecule has 1 amide bonds. The van der Waals surface area contributed by atoms with Crippen molar-refractivity contribution in [3.8, 4) is 0 Å². The maximum Gasteiger partial charge on any atom is 0.265 e. The molecule has 2 aliphatic rings. The van der Waals surface area contributed by atoms with Gasteiger partial charge in [0.15, 0.2) is 4.87 Å². The third kappa shape index (κ3) is 2.60. The molecule has 4 nitrogen and oxygen atoms in total. The molecule has 5 heteroatoms. The SMILES string of the molecule is Cc1ccc(N2C(=O)[C@]3(c4ccccc4)N(c4ccccc4)OS[C@]23c2ccccc2)cc1. The molecule has 4 aromatic rings. The lowest BCUT2D eigenvalue weighted by Gasteiger charge is -2.60. The molecule has 2 heterocycles. The van der Waals surface area contributed by atoms with Gasteiger partial charge in [-0.15, -0.1) is 0 Å². The van der Waals surface area contributed by atoms with Crippen molar-refractivity contribution in [1.82, 2.24) is 0 Å². The molecular formula is C28H22N2O2S. The van der Waals surface area contributed by atoms with Gasteiger partial charge in [0.25, 0.3) is 5.91 Å². The number of fused-ring (bicyclic) bond motifs is 1. The van der Waals surface area contributed by atoms with Crippen molar-refractivity contribution in [3.63, 3.8) is 0 Å². The summed E-state index contributed by atoms with van der Waals surface area (Å²) in [5.74, 6) is -0.0183. The van der Waals surface area contributed by atoms with Gasteiger partial charge in [-0.25, -0.2) is 5.06 Å². The van der Waals surface area contributed by atoms with Crippen molar-refractivity contribution < 1.29 is 9.08 Å². The van der Waals surface area contributed by atoms with Gasteiger partial charge in [-0.05, 0) is 42.3 Å². The van der Waals surface area contributed by atoms with Crippen molar-refractivity contribution in [3.05, 3.63) is 132 Å². The van der Waals surface area contributed by atoms with Crippen molar-refractivity contribution in [2.75, 3.05) is 9.96 Å². The normalized spacial score (nSPS) is 23.8. The molecule has 6 rings (SSSR count). The second-order valence-corrected chi connectivity index (χ2v) is 9.26. The smallest absolute Gasteiger partial charge is 0.265 e. The molecule has 0 bridgehead atoms. The van der Waals surface area contributed by atoms with Crippen molar-refractivity contribution in [1.29, 1.82) is 0 Å². The summed E-state index contributed by atoms with van der Waals surface area (Å²) in [4.78, 5) is 15.5. The van der Waals surface area contributed by atoms with Crippen molar-refractivity contribution >= 4 is 29.3 Å². The number of hydroxylamine groups is 1. The van der Waals surface area contributed by atoms with E-state index in [0.717, 1.165) is 28.1 Å². The molecule has 0 N–H and O–H groups in total.